The van der Waals surface area contributed by atoms with Crippen LogP contribution in [0.1, 0.15) is 18.0 Å². The highest BCUT2D eigenvalue weighted by Gasteiger charge is 2.18. The molecule has 0 saturated heterocycles. The molecule has 1 aromatic carbocycles. The Balaban J connectivity index is 3.11. The smallest absolute Gasteiger partial charge is 0.145 e. The molecule has 0 aliphatic rings. The fourth-order valence-electron chi connectivity index (χ4n) is 1.17. The minimum atomic E-state index is -0.822. The Kier molecular flexibility index (Phi) is 3.97. The Bertz CT molecular complexity index is 333. The van der Waals surface area contributed by atoms with Gasteiger partial charge in [0.25, 0.3) is 0 Å². The molecule has 0 bridgehead atoms. The third-order valence-electron chi connectivity index (χ3n) is 1.89. The summed E-state index contributed by atoms with van der Waals surface area (Å²) in [5.74, 6) is -1.39. The van der Waals surface area contributed by atoms with E-state index in [-0.39, 0.29) is 23.1 Å². The lowest BCUT2D eigenvalue weighted by atomic mass is 10.0. The van der Waals surface area contributed by atoms with Crippen LogP contribution in [0.4, 0.5) is 8.78 Å². The van der Waals surface area contributed by atoms with Crippen molar-refractivity contribution in [2.45, 2.75) is 12.5 Å². The van der Waals surface area contributed by atoms with Crippen molar-refractivity contribution in [1.82, 2.24) is 0 Å². The number of aliphatic hydroxyl groups is 1. The summed E-state index contributed by atoms with van der Waals surface area (Å²) in [5.41, 5.74) is 5.33. The van der Waals surface area contributed by atoms with Gasteiger partial charge in [0.1, 0.15) is 11.6 Å². The Morgan fingerprint density at radius 1 is 1.43 bits per heavy atom. The molecule has 0 heterocycles. The van der Waals surface area contributed by atoms with Gasteiger partial charge in [0, 0.05) is 18.2 Å². The van der Waals surface area contributed by atoms with Crippen LogP contribution in [-0.2, 0) is 0 Å². The average molecular weight is 266 g/mol. The largest absolute Gasteiger partial charge is 0.396 e. The number of hydrogen-bond donors (Lipinski definition) is 2. The lowest BCUT2D eigenvalue weighted by molar-refractivity contribution is 0.274. The van der Waals surface area contributed by atoms with Crippen molar-refractivity contribution >= 4 is 15.9 Å². The molecule has 3 N–H and O–H groups in total. The van der Waals surface area contributed by atoms with Crippen LogP contribution < -0.4 is 5.73 Å². The van der Waals surface area contributed by atoms with Gasteiger partial charge in [-0.15, -0.1) is 0 Å². The Morgan fingerprint density at radius 2 is 2.07 bits per heavy atom. The topological polar surface area (TPSA) is 46.2 Å². The van der Waals surface area contributed by atoms with E-state index in [9.17, 15) is 8.78 Å². The summed E-state index contributed by atoms with van der Waals surface area (Å²) < 4.78 is 26.7. The molecule has 0 amide bonds. The Labute approximate surface area is 88.9 Å². The molecule has 0 unspecified atom stereocenters. The van der Waals surface area contributed by atoms with Crippen LogP contribution >= 0.6 is 15.9 Å². The van der Waals surface area contributed by atoms with E-state index >= 15 is 0 Å². The zero-order chi connectivity index (χ0) is 10.7. The second-order valence-electron chi connectivity index (χ2n) is 2.88. The molecule has 0 aliphatic heterocycles. The van der Waals surface area contributed by atoms with Gasteiger partial charge in [-0.3, -0.25) is 0 Å². The molecule has 1 atom stereocenters. The maximum Gasteiger partial charge on any atom is 0.145 e. The summed E-state index contributed by atoms with van der Waals surface area (Å²) in [4.78, 5) is 0. The fourth-order valence-corrected chi connectivity index (χ4v) is 1.51. The van der Waals surface area contributed by atoms with E-state index in [0.717, 1.165) is 6.07 Å². The number of rotatable bonds is 3. The number of nitrogens with two attached hydrogens (primary N) is 1. The van der Waals surface area contributed by atoms with Crippen LogP contribution in [0.5, 0.6) is 0 Å². The summed E-state index contributed by atoms with van der Waals surface area (Å²) in [6, 6.07) is 1.59. The van der Waals surface area contributed by atoms with Crippen LogP contribution in [0, 0.1) is 11.6 Å². The minimum absolute atomic E-state index is 0.129. The van der Waals surface area contributed by atoms with Crippen molar-refractivity contribution in [2.75, 3.05) is 6.61 Å². The average Bonchev–Trinajstić information content (AvgIpc) is 2.13. The Hall–Kier alpha value is -0.520. The second-order valence-corrected chi connectivity index (χ2v) is 3.73. The van der Waals surface area contributed by atoms with E-state index in [0.29, 0.717) is 0 Å². The van der Waals surface area contributed by atoms with Crippen molar-refractivity contribution in [1.29, 1.82) is 0 Å². The first-order chi connectivity index (χ1) is 6.57. The molecule has 1 aromatic rings. The van der Waals surface area contributed by atoms with E-state index < -0.39 is 17.7 Å². The summed E-state index contributed by atoms with van der Waals surface area (Å²) in [6.45, 7) is -0.202. The number of hydrogen-bond acceptors (Lipinski definition) is 2. The van der Waals surface area contributed by atoms with Crippen molar-refractivity contribution in [3.05, 3.63) is 33.8 Å². The highest BCUT2D eigenvalue weighted by molar-refractivity contribution is 9.10. The predicted molar refractivity (Wildman–Crippen MR) is 52.7 cm³/mol. The van der Waals surface area contributed by atoms with Crippen LogP contribution in [0.3, 0.4) is 0 Å². The van der Waals surface area contributed by atoms with Gasteiger partial charge in [-0.2, -0.15) is 0 Å². The molecule has 78 valence electrons. The molecule has 14 heavy (non-hydrogen) atoms. The third kappa shape index (κ3) is 2.29. The summed E-state index contributed by atoms with van der Waals surface area (Å²) in [6.07, 6.45) is 0.129. The number of aliphatic hydroxyl groups excluding tert-OH is 1. The van der Waals surface area contributed by atoms with Crippen LogP contribution in [0.15, 0.2) is 16.6 Å². The van der Waals surface area contributed by atoms with E-state index in [2.05, 4.69) is 15.9 Å². The lowest BCUT2D eigenvalue weighted by Crippen LogP contribution is -2.15. The summed E-state index contributed by atoms with van der Waals surface area (Å²) >= 11 is 2.94. The van der Waals surface area contributed by atoms with E-state index in [4.69, 9.17) is 10.8 Å². The van der Waals surface area contributed by atoms with Crippen molar-refractivity contribution < 1.29 is 13.9 Å². The maximum atomic E-state index is 13.4. The van der Waals surface area contributed by atoms with E-state index in [1.54, 1.807) is 0 Å². The first-order valence-electron chi connectivity index (χ1n) is 4.07. The van der Waals surface area contributed by atoms with Crippen molar-refractivity contribution in [3.8, 4) is 0 Å². The second kappa shape index (κ2) is 4.82. The minimum Gasteiger partial charge on any atom is -0.396 e. The quantitative estimate of drug-likeness (QED) is 0.823. The van der Waals surface area contributed by atoms with Gasteiger partial charge in [0.2, 0.25) is 0 Å². The number of benzene rings is 1. The zero-order valence-corrected chi connectivity index (χ0v) is 8.89. The highest BCUT2D eigenvalue weighted by atomic mass is 79.9. The lowest BCUT2D eigenvalue weighted by Gasteiger charge is -2.13. The first kappa shape index (κ1) is 11.6. The number of halogens is 3. The summed E-state index contributed by atoms with van der Waals surface area (Å²) in [5, 5.41) is 8.61. The van der Waals surface area contributed by atoms with Crippen molar-refractivity contribution in [3.63, 3.8) is 0 Å². The van der Waals surface area contributed by atoms with E-state index in [1.165, 1.54) is 6.07 Å². The molecule has 0 fully saturated rings. The van der Waals surface area contributed by atoms with Gasteiger partial charge in [-0.1, -0.05) is 0 Å². The summed E-state index contributed by atoms with van der Waals surface area (Å²) in [7, 11) is 0. The van der Waals surface area contributed by atoms with Crippen molar-refractivity contribution in [2.24, 2.45) is 5.73 Å². The zero-order valence-electron chi connectivity index (χ0n) is 7.30. The molecule has 0 saturated carbocycles. The van der Waals surface area contributed by atoms with E-state index in [1.807, 2.05) is 0 Å². The van der Waals surface area contributed by atoms with Crippen LogP contribution in [0.2, 0.25) is 0 Å². The molecule has 0 spiro atoms. The first-order valence-corrected chi connectivity index (χ1v) is 4.87. The third-order valence-corrected chi connectivity index (χ3v) is 2.50. The van der Waals surface area contributed by atoms with Gasteiger partial charge in [0.15, 0.2) is 0 Å². The molecular weight excluding hydrogens is 256 g/mol. The van der Waals surface area contributed by atoms with Gasteiger partial charge < -0.3 is 10.8 Å². The predicted octanol–water partition coefficient (Wildman–Crippen LogP) is 2.11. The normalized spacial score (nSPS) is 12.9. The molecular formula is C9H10BrF2NO. The molecule has 2 nitrogen and oxygen atoms in total. The van der Waals surface area contributed by atoms with Crippen LogP contribution in [0.25, 0.3) is 0 Å². The SMILES string of the molecule is N[C@H](CCO)c1c(F)ccc(Br)c1F. The van der Waals surface area contributed by atoms with Gasteiger partial charge in [-0.25, -0.2) is 8.78 Å². The highest BCUT2D eigenvalue weighted by Crippen LogP contribution is 2.26. The Morgan fingerprint density at radius 3 is 2.64 bits per heavy atom. The molecule has 0 aromatic heterocycles. The standard InChI is InChI=1S/C9H10BrF2NO/c10-5-1-2-6(11)8(9(5)12)7(13)3-4-14/h1-2,7,14H,3-4,13H2/t7-/m1/s1. The van der Waals surface area contributed by atoms with Crippen LogP contribution in [-0.4, -0.2) is 11.7 Å². The fraction of sp³-hybridized carbons (Fsp3) is 0.333. The molecule has 1 rings (SSSR count). The van der Waals surface area contributed by atoms with Gasteiger partial charge >= 0.3 is 0 Å². The van der Waals surface area contributed by atoms with Gasteiger partial charge in [-0.05, 0) is 34.5 Å². The maximum absolute atomic E-state index is 13.4. The van der Waals surface area contributed by atoms with Gasteiger partial charge in [0.05, 0.1) is 4.47 Å². The molecule has 5 heteroatoms. The monoisotopic (exact) mass is 265 g/mol. The molecule has 0 aliphatic carbocycles. The molecule has 0 radical (unpaired) electrons.